The van der Waals surface area contributed by atoms with Crippen LogP contribution in [0.4, 0.5) is 0 Å². The zero-order valence-corrected chi connectivity index (χ0v) is 7.89. The van der Waals surface area contributed by atoms with Crippen LogP contribution >= 0.6 is 0 Å². The number of allylic oxidation sites excluding steroid dienone is 3. The molecule has 0 aliphatic carbocycles. The van der Waals surface area contributed by atoms with Crippen LogP contribution in [0.2, 0.25) is 0 Å². The normalized spacial score (nSPS) is 10.6. The topological polar surface area (TPSA) is 12.4 Å². The van der Waals surface area contributed by atoms with Crippen LogP contribution in [0.25, 0.3) is 0 Å². The zero-order valence-electron chi connectivity index (χ0n) is 7.89. The van der Waals surface area contributed by atoms with Gasteiger partial charge in [0, 0.05) is 11.9 Å². The molecule has 0 saturated heterocycles. The van der Waals surface area contributed by atoms with Crippen LogP contribution in [-0.4, -0.2) is 6.21 Å². The Morgan fingerprint density at radius 1 is 1.36 bits per heavy atom. The van der Waals surface area contributed by atoms with Crippen LogP contribution in [0.1, 0.15) is 27.7 Å². The highest BCUT2D eigenvalue weighted by Gasteiger charge is 2.00. The van der Waals surface area contributed by atoms with E-state index in [1.54, 1.807) is 12.3 Å². The Bertz CT molecular complexity index is 181. The molecule has 0 radical (unpaired) electrons. The first-order chi connectivity index (χ1) is 5.09. The lowest BCUT2D eigenvalue weighted by atomic mass is 10.1. The SMILES string of the molecule is C=CC=NC(=C(C)C)C(C)C. The number of aliphatic imine (C=N–C) groups is 1. The van der Waals surface area contributed by atoms with Crippen molar-refractivity contribution in [1.29, 1.82) is 0 Å². The minimum atomic E-state index is 0.496. The Hall–Kier alpha value is -0.850. The Morgan fingerprint density at radius 2 is 1.91 bits per heavy atom. The number of rotatable bonds is 3. The van der Waals surface area contributed by atoms with E-state index >= 15 is 0 Å². The summed E-state index contributed by atoms with van der Waals surface area (Å²) in [4.78, 5) is 4.28. The molecule has 0 fully saturated rings. The molecule has 0 saturated carbocycles. The molecule has 0 amide bonds. The fraction of sp³-hybridized carbons (Fsp3) is 0.500. The van der Waals surface area contributed by atoms with E-state index in [-0.39, 0.29) is 0 Å². The van der Waals surface area contributed by atoms with Crippen molar-refractivity contribution in [3.8, 4) is 0 Å². The molecule has 0 rings (SSSR count). The molecule has 0 heterocycles. The van der Waals surface area contributed by atoms with Crippen molar-refractivity contribution in [3.63, 3.8) is 0 Å². The lowest BCUT2D eigenvalue weighted by Gasteiger charge is -2.06. The van der Waals surface area contributed by atoms with Crippen molar-refractivity contribution in [2.75, 3.05) is 0 Å². The third-order valence-electron chi connectivity index (χ3n) is 1.38. The van der Waals surface area contributed by atoms with E-state index in [2.05, 4.69) is 39.3 Å². The van der Waals surface area contributed by atoms with Gasteiger partial charge >= 0.3 is 0 Å². The maximum absolute atomic E-state index is 4.28. The van der Waals surface area contributed by atoms with Crippen molar-refractivity contribution < 1.29 is 0 Å². The van der Waals surface area contributed by atoms with Gasteiger partial charge in [-0.2, -0.15) is 0 Å². The number of hydrogen-bond donors (Lipinski definition) is 0. The van der Waals surface area contributed by atoms with Crippen LogP contribution < -0.4 is 0 Å². The highest BCUT2D eigenvalue weighted by atomic mass is 14.7. The third-order valence-corrected chi connectivity index (χ3v) is 1.38. The molecule has 0 aromatic heterocycles. The van der Waals surface area contributed by atoms with Crippen molar-refractivity contribution >= 4 is 6.21 Å². The van der Waals surface area contributed by atoms with Gasteiger partial charge in [0.15, 0.2) is 0 Å². The zero-order chi connectivity index (χ0) is 8.85. The molecule has 1 heteroatoms. The maximum atomic E-state index is 4.28. The van der Waals surface area contributed by atoms with Gasteiger partial charge < -0.3 is 0 Å². The smallest absolute Gasteiger partial charge is 0.0415 e. The molecule has 11 heavy (non-hydrogen) atoms. The van der Waals surface area contributed by atoms with Crippen molar-refractivity contribution in [2.24, 2.45) is 10.9 Å². The maximum Gasteiger partial charge on any atom is 0.0415 e. The van der Waals surface area contributed by atoms with Crippen molar-refractivity contribution in [2.45, 2.75) is 27.7 Å². The first-order valence-electron chi connectivity index (χ1n) is 3.92. The number of nitrogens with zero attached hydrogens (tertiary/aromatic N) is 1. The summed E-state index contributed by atoms with van der Waals surface area (Å²) in [5.41, 5.74) is 2.43. The molecule has 0 aliphatic rings. The van der Waals surface area contributed by atoms with Gasteiger partial charge in [-0.3, -0.25) is 4.99 Å². The Labute approximate surface area is 69.5 Å². The Balaban J connectivity index is 4.50. The average Bonchev–Trinajstić information content (AvgIpc) is 1.87. The third kappa shape index (κ3) is 3.76. The summed E-state index contributed by atoms with van der Waals surface area (Å²) in [6.07, 6.45) is 3.44. The fourth-order valence-electron chi connectivity index (χ4n) is 0.989. The summed E-state index contributed by atoms with van der Waals surface area (Å²) in [7, 11) is 0. The lowest BCUT2D eigenvalue weighted by Crippen LogP contribution is -1.93. The fourth-order valence-corrected chi connectivity index (χ4v) is 0.989. The summed E-state index contributed by atoms with van der Waals surface area (Å²) >= 11 is 0. The monoisotopic (exact) mass is 151 g/mol. The second kappa shape index (κ2) is 4.89. The average molecular weight is 151 g/mol. The van der Waals surface area contributed by atoms with Gasteiger partial charge in [-0.25, -0.2) is 0 Å². The minimum absolute atomic E-state index is 0.496. The molecule has 62 valence electrons. The van der Waals surface area contributed by atoms with E-state index in [9.17, 15) is 0 Å². The highest BCUT2D eigenvalue weighted by Crippen LogP contribution is 2.14. The summed E-state index contributed by atoms with van der Waals surface area (Å²) in [6, 6.07) is 0. The second-order valence-electron chi connectivity index (χ2n) is 3.05. The van der Waals surface area contributed by atoms with Gasteiger partial charge in [-0.1, -0.05) is 32.1 Å². The van der Waals surface area contributed by atoms with Gasteiger partial charge in [0.1, 0.15) is 0 Å². The van der Waals surface area contributed by atoms with E-state index in [4.69, 9.17) is 0 Å². The molecule has 0 aliphatic heterocycles. The summed E-state index contributed by atoms with van der Waals surface area (Å²) < 4.78 is 0. The lowest BCUT2D eigenvalue weighted by molar-refractivity contribution is 0.746. The number of hydrogen-bond acceptors (Lipinski definition) is 1. The molecule has 0 spiro atoms. The van der Waals surface area contributed by atoms with Crippen molar-refractivity contribution in [1.82, 2.24) is 0 Å². The van der Waals surface area contributed by atoms with E-state index in [1.165, 1.54) is 5.57 Å². The van der Waals surface area contributed by atoms with Gasteiger partial charge in [0.25, 0.3) is 0 Å². The summed E-state index contributed by atoms with van der Waals surface area (Å²) in [5.74, 6) is 0.496. The van der Waals surface area contributed by atoms with Crippen LogP contribution in [-0.2, 0) is 0 Å². The van der Waals surface area contributed by atoms with E-state index in [0.717, 1.165) is 5.70 Å². The predicted octanol–water partition coefficient (Wildman–Crippen LogP) is 3.19. The van der Waals surface area contributed by atoms with Crippen molar-refractivity contribution in [3.05, 3.63) is 23.9 Å². The minimum Gasteiger partial charge on any atom is -0.261 e. The van der Waals surface area contributed by atoms with E-state index in [0.29, 0.717) is 5.92 Å². The van der Waals surface area contributed by atoms with Gasteiger partial charge in [-0.05, 0) is 19.8 Å². The Morgan fingerprint density at radius 3 is 2.18 bits per heavy atom. The first-order valence-corrected chi connectivity index (χ1v) is 3.92. The highest BCUT2D eigenvalue weighted by molar-refractivity contribution is 5.71. The quantitative estimate of drug-likeness (QED) is 0.549. The van der Waals surface area contributed by atoms with Crippen LogP contribution in [0.3, 0.4) is 0 Å². The van der Waals surface area contributed by atoms with Gasteiger partial charge in [0.2, 0.25) is 0 Å². The molecule has 0 N–H and O–H groups in total. The van der Waals surface area contributed by atoms with Crippen LogP contribution in [0.15, 0.2) is 28.9 Å². The standard InChI is InChI=1S/C10H17N/c1-6-7-11-10(8(2)3)9(4)5/h6-8H,1H2,2-5H3. The van der Waals surface area contributed by atoms with E-state index in [1.807, 2.05) is 0 Å². The molecule has 0 unspecified atom stereocenters. The first kappa shape index (κ1) is 10.2. The molecule has 1 nitrogen and oxygen atoms in total. The largest absolute Gasteiger partial charge is 0.261 e. The summed E-state index contributed by atoms with van der Waals surface area (Å²) in [6.45, 7) is 12.0. The predicted molar refractivity (Wildman–Crippen MR) is 51.9 cm³/mol. The molecular weight excluding hydrogens is 134 g/mol. The second-order valence-corrected chi connectivity index (χ2v) is 3.05. The molecule has 0 aromatic rings. The molecule has 0 bridgehead atoms. The van der Waals surface area contributed by atoms with Gasteiger partial charge in [0.05, 0.1) is 0 Å². The van der Waals surface area contributed by atoms with E-state index < -0.39 is 0 Å². The summed E-state index contributed by atoms with van der Waals surface area (Å²) in [5, 5.41) is 0. The van der Waals surface area contributed by atoms with Gasteiger partial charge in [-0.15, -0.1) is 0 Å². The Kier molecular flexibility index (Phi) is 4.51. The molecule has 0 atom stereocenters. The molecule has 0 aromatic carbocycles. The van der Waals surface area contributed by atoms with Crippen LogP contribution in [0.5, 0.6) is 0 Å². The molecular formula is C10H17N. The van der Waals surface area contributed by atoms with Crippen LogP contribution in [0, 0.1) is 5.92 Å².